The molecule has 0 spiro atoms. The Morgan fingerprint density at radius 3 is 2.89 bits per heavy atom. The number of nitrogens with one attached hydrogen (secondary N) is 1. The standard InChI is InChI=1S/C12H14F2N4S/c1-2-3-10-12(19-18-17-10)11(16-15)8-6-7(13)4-5-9(8)14/h4-6,11,16H,2-3,15H2,1H3. The van der Waals surface area contributed by atoms with Gasteiger partial charge < -0.3 is 0 Å². The average molecular weight is 284 g/mol. The number of nitrogens with two attached hydrogens (primary N) is 1. The molecule has 1 heterocycles. The number of nitrogens with zero attached hydrogens (tertiary/aromatic N) is 2. The molecule has 3 N–H and O–H groups in total. The normalized spacial score (nSPS) is 12.6. The highest BCUT2D eigenvalue weighted by atomic mass is 32.1. The predicted octanol–water partition coefficient (Wildman–Crippen LogP) is 2.32. The number of aryl methyl sites for hydroxylation is 1. The topological polar surface area (TPSA) is 63.8 Å². The van der Waals surface area contributed by atoms with Crippen molar-refractivity contribution >= 4 is 11.5 Å². The van der Waals surface area contributed by atoms with Crippen molar-refractivity contribution in [3.05, 3.63) is 46.0 Å². The maximum absolute atomic E-state index is 13.8. The largest absolute Gasteiger partial charge is 0.271 e. The summed E-state index contributed by atoms with van der Waals surface area (Å²) in [7, 11) is 0. The Hall–Kier alpha value is -1.44. The van der Waals surface area contributed by atoms with Crippen LogP contribution in [0.1, 0.15) is 35.5 Å². The summed E-state index contributed by atoms with van der Waals surface area (Å²) in [5.41, 5.74) is 3.43. The highest BCUT2D eigenvalue weighted by molar-refractivity contribution is 7.05. The minimum Gasteiger partial charge on any atom is -0.271 e. The van der Waals surface area contributed by atoms with Crippen molar-refractivity contribution < 1.29 is 8.78 Å². The number of hydrogen-bond donors (Lipinski definition) is 2. The van der Waals surface area contributed by atoms with E-state index < -0.39 is 17.7 Å². The van der Waals surface area contributed by atoms with Crippen molar-refractivity contribution in [2.45, 2.75) is 25.8 Å². The van der Waals surface area contributed by atoms with E-state index in [4.69, 9.17) is 5.84 Å². The smallest absolute Gasteiger partial charge is 0.128 e. The van der Waals surface area contributed by atoms with E-state index in [2.05, 4.69) is 15.0 Å². The number of hydrogen-bond acceptors (Lipinski definition) is 5. The fourth-order valence-electron chi connectivity index (χ4n) is 1.89. The Morgan fingerprint density at radius 2 is 2.21 bits per heavy atom. The maximum atomic E-state index is 13.8. The lowest BCUT2D eigenvalue weighted by molar-refractivity contribution is 0.546. The van der Waals surface area contributed by atoms with E-state index in [0.717, 1.165) is 48.3 Å². The van der Waals surface area contributed by atoms with Crippen molar-refractivity contribution in [1.29, 1.82) is 0 Å². The molecule has 0 fully saturated rings. The van der Waals surface area contributed by atoms with Gasteiger partial charge in [0.25, 0.3) is 0 Å². The summed E-state index contributed by atoms with van der Waals surface area (Å²) < 4.78 is 31.0. The van der Waals surface area contributed by atoms with Crippen LogP contribution >= 0.6 is 11.5 Å². The molecule has 0 aliphatic rings. The van der Waals surface area contributed by atoms with Crippen LogP contribution in [0.5, 0.6) is 0 Å². The third-order valence-electron chi connectivity index (χ3n) is 2.77. The lowest BCUT2D eigenvalue weighted by atomic mass is 10.0. The van der Waals surface area contributed by atoms with Gasteiger partial charge in [0, 0.05) is 5.56 Å². The molecule has 0 aliphatic carbocycles. The van der Waals surface area contributed by atoms with E-state index in [1.807, 2.05) is 6.92 Å². The molecular weight excluding hydrogens is 270 g/mol. The monoisotopic (exact) mass is 284 g/mol. The molecule has 2 rings (SSSR count). The molecule has 102 valence electrons. The molecule has 0 saturated heterocycles. The third-order valence-corrected chi connectivity index (χ3v) is 3.60. The number of rotatable bonds is 5. The first kappa shape index (κ1) is 14.0. The zero-order chi connectivity index (χ0) is 13.8. The van der Waals surface area contributed by atoms with Crippen LogP contribution in [-0.4, -0.2) is 9.59 Å². The van der Waals surface area contributed by atoms with Gasteiger partial charge in [0.05, 0.1) is 16.6 Å². The highest BCUT2D eigenvalue weighted by Gasteiger charge is 2.23. The van der Waals surface area contributed by atoms with Crippen LogP contribution in [0.2, 0.25) is 0 Å². The van der Waals surface area contributed by atoms with Gasteiger partial charge in [-0.05, 0) is 36.2 Å². The highest BCUT2D eigenvalue weighted by Crippen LogP contribution is 2.29. The molecule has 2 aromatic rings. The zero-order valence-electron chi connectivity index (χ0n) is 10.4. The van der Waals surface area contributed by atoms with E-state index in [9.17, 15) is 8.78 Å². The molecule has 19 heavy (non-hydrogen) atoms. The quantitative estimate of drug-likeness (QED) is 0.653. The van der Waals surface area contributed by atoms with Crippen LogP contribution < -0.4 is 11.3 Å². The van der Waals surface area contributed by atoms with Crippen molar-refractivity contribution in [3.8, 4) is 0 Å². The number of benzene rings is 1. The fourth-order valence-corrected chi connectivity index (χ4v) is 2.66. The first-order valence-corrected chi connectivity index (χ1v) is 6.67. The molecule has 0 amide bonds. The second kappa shape index (κ2) is 6.14. The molecule has 0 saturated carbocycles. The van der Waals surface area contributed by atoms with Crippen molar-refractivity contribution in [1.82, 2.24) is 15.0 Å². The Balaban J connectivity index is 2.44. The summed E-state index contributed by atoms with van der Waals surface area (Å²) in [4.78, 5) is 0.717. The summed E-state index contributed by atoms with van der Waals surface area (Å²) in [6.07, 6.45) is 1.61. The summed E-state index contributed by atoms with van der Waals surface area (Å²) in [6, 6.07) is 2.65. The van der Waals surface area contributed by atoms with Crippen molar-refractivity contribution in [2.75, 3.05) is 0 Å². The van der Waals surface area contributed by atoms with Crippen LogP contribution in [0.4, 0.5) is 8.78 Å². The molecule has 7 heteroatoms. The van der Waals surface area contributed by atoms with E-state index in [0.29, 0.717) is 4.88 Å². The first-order valence-electron chi connectivity index (χ1n) is 5.89. The van der Waals surface area contributed by atoms with E-state index in [1.165, 1.54) is 0 Å². The maximum Gasteiger partial charge on any atom is 0.128 e. The van der Waals surface area contributed by atoms with Gasteiger partial charge in [0.15, 0.2) is 0 Å². The zero-order valence-corrected chi connectivity index (χ0v) is 11.2. The lowest BCUT2D eigenvalue weighted by Crippen LogP contribution is -2.29. The fraction of sp³-hybridized carbons (Fsp3) is 0.333. The van der Waals surface area contributed by atoms with Crippen LogP contribution in [0.25, 0.3) is 0 Å². The lowest BCUT2D eigenvalue weighted by Gasteiger charge is -2.16. The SMILES string of the molecule is CCCc1nnsc1C(NN)c1cc(F)ccc1F. The van der Waals surface area contributed by atoms with Gasteiger partial charge in [-0.25, -0.2) is 14.2 Å². The van der Waals surface area contributed by atoms with Crippen LogP contribution in [-0.2, 0) is 6.42 Å². The molecule has 1 aromatic heterocycles. The minimum atomic E-state index is -0.641. The van der Waals surface area contributed by atoms with Crippen LogP contribution in [0.3, 0.4) is 0 Å². The van der Waals surface area contributed by atoms with Gasteiger partial charge in [0.1, 0.15) is 11.6 Å². The summed E-state index contributed by atoms with van der Waals surface area (Å²) in [6.45, 7) is 2.01. The summed E-state index contributed by atoms with van der Waals surface area (Å²) in [5, 5.41) is 4.01. The van der Waals surface area contributed by atoms with Gasteiger partial charge in [0.2, 0.25) is 0 Å². The molecule has 1 unspecified atom stereocenters. The van der Waals surface area contributed by atoms with E-state index in [-0.39, 0.29) is 5.56 Å². The second-order valence-corrected chi connectivity index (χ2v) is 4.89. The number of hydrazine groups is 1. The first-order chi connectivity index (χ1) is 9.17. The third kappa shape index (κ3) is 2.94. The van der Waals surface area contributed by atoms with Crippen LogP contribution in [0, 0.1) is 11.6 Å². The Morgan fingerprint density at radius 1 is 1.42 bits per heavy atom. The molecule has 0 aliphatic heterocycles. The number of aromatic nitrogens is 2. The van der Waals surface area contributed by atoms with Gasteiger partial charge in [-0.3, -0.25) is 5.84 Å². The van der Waals surface area contributed by atoms with Gasteiger partial charge in [-0.2, -0.15) is 0 Å². The Bertz CT molecular complexity index is 558. The average Bonchev–Trinajstić information content (AvgIpc) is 2.83. The Labute approximate surface area is 113 Å². The van der Waals surface area contributed by atoms with Gasteiger partial charge >= 0.3 is 0 Å². The van der Waals surface area contributed by atoms with Crippen LogP contribution in [0.15, 0.2) is 18.2 Å². The molecule has 0 radical (unpaired) electrons. The minimum absolute atomic E-state index is 0.158. The molecule has 4 nitrogen and oxygen atoms in total. The molecule has 1 atom stereocenters. The summed E-state index contributed by atoms with van der Waals surface area (Å²) in [5.74, 6) is 4.47. The van der Waals surface area contributed by atoms with Gasteiger partial charge in [-0.15, -0.1) is 5.10 Å². The number of halogens is 2. The molecule has 0 bridgehead atoms. The molecule has 1 aromatic carbocycles. The molecular formula is C12H14F2N4S. The summed E-state index contributed by atoms with van der Waals surface area (Å²) >= 11 is 1.14. The predicted molar refractivity (Wildman–Crippen MR) is 69.4 cm³/mol. The van der Waals surface area contributed by atoms with E-state index in [1.54, 1.807) is 0 Å². The van der Waals surface area contributed by atoms with Crippen molar-refractivity contribution in [2.24, 2.45) is 5.84 Å². The Kier molecular flexibility index (Phi) is 4.52. The second-order valence-electron chi connectivity index (χ2n) is 4.10. The van der Waals surface area contributed by atoms with E-state index >= 15 is 0 Å². The van der Waals surface area contributed by atoms with Crippen molar-refractivity contribution in [3.63, 3.8) is 0 Å². The van der Waals surface area contributed by atoms with Gasteiger partial charge in [-0.1, -0.05) is 17.8 Å².